The van der Waals surface area contributed by atoms with Crippen LogP contribution in [0.3, 0.4) is 0 Å². The lowest BCUT2D eigenvalue weighted by atomic mass is 9.98. The molecule has 0 aliphatic carbocycles. The van der Waals surface area contributed by atoms with Crippen molar-refractivity contribution in [3.63, 3.8) is 0 Å². The van der Waals surface area contributed by atoms with Crippen LogP contribution in [0.1, 0.15) is 64.5 Å². The molecular formula is C20H28O4. The van der Waals surface area contributed by atoms with Gasteiger partial charge in [-0.05, 0) is 36.5 Å². The molecule has 0 aliphatic rings. The Kier molecular flexibility index (Phi) is 8.84. The van der Waals surface area contributed by atoms with Gasteiger partial charge in [-0.15, -0.1) is 0 Å². The molecule has 1 rings (SSSR count). The largest absolute Gasteiger partial charge is 0.421 e. The van der Waals surface area contributed by atoms with Crippen molar-refractivity contribution in [3.05, 3.63) is 41.0 Å². The molecule has 0 N–H and O–H groups in total. The summed E-state index contributed by atoms with van der Waals surface area (Å²) >= 11 is 0. The number of carbonyl (C=O) groups excluding carboxylic acids is 2. The summed E-state index contributed by atoms with van der Waals surface area (Å²) in [5.74, 6) is -0.940. The van der Waals surface area contributed by atoms with Crippen molar-refractivity contribution < 1.29 is 19.1 Å². The van der Waals surface area contributed by atoms with Crippen molar-refractivity contribution in [3.8, 4) is 0 Å². The van der Waals surface area contributed by atoms with Crippen LogP contribution in [0.4, 0.5) is 0 Å². The predicted molar refractivity (Wildman–Crippen MR) is 95.3 cm³/mol. The van der Waals surface area contributed by atoms with E-state index >= 15 is 0 Å². The van der Waals surface area contributed by atoms with Crippen LogP contribution in [0.2, 0.25) is 0 Å². The number of hydrogen-bond donors (Lipinski definition) is 0. The molecule has 0 radical (unpaired) electrons. The fourth-order valence-corrected chi connectivity index (χ4v) is 2.49. The standard InChI is InChI=1S/C20H28O4/c1-5-7-11-17-12-8-9-13-18(17)14-19(10-6-2)20(23-15(3)21)24-16(4)22/h8-9,12-14,20H,5-7,10-11H2,1-4H3/b19-14+. The highest BCUT2D eigenvalue weighted by Crippen LogP contribution is 2.22. The minimum absolute atomic E-state index is 0.470. The van der Waals surface area contributed by atoms with Crippen LogP contribution in [0.5, 0.6) is 0 Å². The van der Waals surface area contributed by atoms with E-state index in [-0.39, 0.29) is 0 Å². The lowest BCUT2D eigenvalue weighted by molar-refractivity contribution is -0.178. The molecule has 0 fully saturated rings. The third kappa shape index (κ3) is 6.99. The van der Waals surface area contributed by atoms with Gasteiger partial charge in [0.1, 0.15) is 0 Å². The lowest BCUT2D eigenvalue weighted by Crippen LogP contribution is -2.24. The maximum absolute atomic E-state index is 11.4. The van der Waals surface area contributed by atoms with Crippen LogP contribution < -0.4 is 0 Å². The van der Waals surface area contributed by atoms with Gasteiger partial charge in [-0.1, -0.05) is 51.0 Å². The molecule has 132 valence electrons. The zero-order valence-electron chi connectivity index (χ0n) is 15.1. The summed E-state index contributed by atoms with van der Waals surface area (Å²) in [6.45, 7) is 6.83. The Morgan fingerprint density at radius 1 is 1.04 bits per heavy atom. The number of aryl methyl sites for hydroxylation is 1. The van der Waals surface area contributed by atoms with Crippen LogP contribution in [0.15, 0.2) is 29.8 Å². The third-order valence-electron chi connectivity index (χ3n) is 3.58. The lowest BCUT2D eigenvalue weighted by Gasteiger charge is -2.20. The second-order valence-electron chi connectivity index (χ2n) is 5.82. The molecule has 1 aromatic carbocycles. The zero-order valence-corrected chi connectivity index (χ0v) is 15.1. The van der Waals surface area contributed by atoms with Crippen molar-refractivity contribution in [2.75, 3.05) is 0 Å². The number of rotatable bonds is 9. The van der Waals surface area contributed by atoms with E-state index in [4.69, 9.17) is 9.47 Å². The highest BCUT2D eigenvalue weighted by Gasteiger charge is 2.20. The number of unbranched alkanes of at least 4 members (excludes halogenated alkanes) is 1. The van der Waals surface area contributed by atoms with Crippen LogP contribution in [-0.2, 0) is 25.5 Å². The van der Waals surface area contributed by atoms with Crippen LogP contribution in [-0.4, -0.2) is 18.2 Å². The first-order chi connectivity index (χ1) is 11.5. The first-order valence-corrected chi connectivity index (χ1v) is 8.60. The maximum Gasteiger partial charge on any atom is 0.305 e. The Morgan fingerprint density at radius 3 is 2.21 bits per heavy atom. The van der Waals surface area contributed by atoms with Gasteiger partial charge < -0.3 is 9.47 Å². The van der Waals surface area contributed by atoms with Gasteiger partial charge in [0.2, 0.25) is 0 Å². The fourth-order valence-electron chi connectivity index (χ4n) is 2.49. The quantitative estimate of drug-likeness (QED) is 0.487. The summed E-state index contributed by atoms with van der Waals surface area (Å²) < 4.78 is 10.4. The molecule has 0 heterocycles. The number of esters is 2. The van der Waals surface area contributed by atoms with Crippen LogP contribution in [0, 0.1) is 0 Å². The molecule has 0 saturated heterocycles. The summed E-state index contributed by atoms with van der Waals surface area (Å²) in [7, 11) is 0. The van der Waals surface area contributed by atoms with E-state index in [1.807, 2.05) is 31.2 Å². The molecule has 4 heteroatoms. The highest BCUT2D eigenvalue weighted by atomic mass is 16.7. The molecule has 4 nitrogen and oxygen atoms in total. The Bertz CT molecular complexity index is 559. The summed E-state index contributed by atoms with van der Waals surface area (Å²) in [5.41, 5.74) is 3.13. The molecule has 0 aliphatic heterocycles. The first kappa shape index (κ1) is 19.9. The molecule has 0 aromatic heterocycles. The van der Waals surface area contributed by atoms with Crippen molar-refractivity contribution in [2.45, 2.75) is 66.1 Å². The van der Waals surface area contributed by atoms with E-state index in [1.54, 1.807) is 0 Å². The third-order valence-corrected chi connectivity index (χ3v) is 3.58. The smallest absolute Gasteiger partial charge is 0.305 e. The molecule has 0 bridgehead atoms. The topological polar surface area (TPSA) is 52.6 Å². The maximum atomic E-state index is 11.4. The predicted octanol–water partition coefficient (Wildman–Crippen LogP) is 4.67. The SMILES string of the molecule is CCCCc1ccccc1/C=C(\CCC)C(OC(C)=O)OC(C)=O. The van der Waals surface area contributed by atoms with Crippen LogP contribution >= 0.6 is 0 Å². The molecule has 0 saturated carbocycles. The van der Waals surface area contributed by atoms with E-state index in [9.17, 15) is 9.59 Å². The monoisotopic (exact) mass is 332 g/mol. The van der Waals surface area contributed by atoms with E-state index in [1.165, 1.54) is 19.4 Å². The van der Waals surface area contributed by atoms with Gasteiger partial charge in [0.05, 0.1) is 0 Å². The van der Waals surface area contributed by atoms with Crippen LogP contribution in [0.25, 0.3) is 6.08 Å². The van der Waals surface area contributed by atoms with Gasteiger partial charge in [0, 0.05) is 19.4 Å². The molecule has 0 atom stereocenters. The number of ether oxygens (including phenoxy) is 2. The average molecular weight is 332 g/mol. The van der Waals surface area contributed by atoms with Gasteiger partial charge in [-0.25, -0.2) is 0 Å². The summed E-state index contributed by atoms with van der Waals surface area (Å²) in [5, 5.41) is 0. The average Bonchev–Trinajstić information content (AvgIpc) is 2.52. The second kappa shape index (κ2) is 10.6. The first-order valence-electron chi connectivity index (χ1n) is 8.60. The highest BCUT2D eigenvalue weighted by molar-refractivity contribution is 5.69. The van der Waals surface area contributed by atoms with Gasteiger partial charge >= 0.3 is 11.9 Å². The summed E-state index contributed by atoms with van der Waals surface area (Å²) in [6.07, 6.45) is 5.82. The fraction of sp³-hybridized carbons (Fsp3) is 0.500. The number of benzene rings is 1. The minimum Gasteiger partial charge on any atom is -0.421 e. The number of carbonyl (C=O) groups is 2. The molecule has 0 spiro atoms. The van der Waals surface area contributed by atoms with Crippen molar-refractivity contribution in [2.24, 2.45) is 0 Å². The Labute approximate surface area is 144 Å². The molecule has 24 heavy (non-hydrogen) atoms. The molecule has 1 aromatic rings. The second-order valence-corrected chi connectivity index (χ2v) is 5.82. The summed E-state index contributed by atoms with van der Waals surface area (Å²) in [4.78, 5) is 22.7. The Hall–Kier alpha value is -2.10. The molecule has 0 amide bonds. The van der Waals surface area contributed by atoms with Gasteiger partial charge in [0.15, 0.2) is 0 Å². The van der Waals surface area contributed by atoms with Crippen molar-refractivity contribution >= 4 is 18.0 Å². The Morgan fingerprint density at radius 2 is 1.67 bits per heavy atom. The van der Waals surface area contributed by atoms with E-state index in [2.05, 4.69) is 13.0 Å². The molecule has 0 unspecified atom stereocenters. The minimum atomic E-state index is -0.959. The van der Waals surface area contributed by atoms with Gasteiger partial charge in [-0.3, -0.25) is 9.59 Å². The Balaban J connectivity index is 3.17. The van der Waals surface area contributed by atoms with Crippen molar-refractivity contribution in [1.82, 2.24) is 0 Å². The number of hydrogen-bond acceptors (Lipinski definition) is 4. The van der Waals surface area contributed by atoms with E-state index in [0.29, 0.717) is 6.42 Å². The molecular weight excluding hydrogens is 304 g/mol. The van der Waals surface area contributed by atoms with Crippen molar-refractivity contribution in [1.29, 1.82) is 0 Å². The summed E-state index contributed by atoms with van der Waals surface area (Å²) in [6, 6.07) is 8.16. The normalized spacial score (nSPS) is 11.5. The van der Waals surface area contributed by atoms with E-state index < -0.39 is 18.2 Å². The van der Waals surface area contributed by atoms with Gasteiger partial charge in [0.25, 0.3) is 6.29 Å². The van der Waals surface area contributed by atoms with Gasteiger partial charge in [-0.2, -0.15) is 0 Å². The van der Waals surface area contributed by atoms with E-state index in [0.717, 1.165) is 36.8 Å². The zero-order chi connectivity index (χ0) is 17.9.